The molecule has 0 aromatic heterocycles. The lowest BCUT2D eigenvalue weighted by Crippen LogP contribution is -2.66. The zero-order valence-electron chi connectivity index (χ0n) is 19.7. The Morgan fingerprint density at radius 2 is 1.71 bits per heavy atom. The molecule has 2 aliphatic carbocycles. The molecule has 1 heterocycles. The smallest absolute Gasteiger partial charge is 0.302 e. The minimum Gasteiger partial charge on any atom is -0.466 e. The summed E-state index contributed by atoms with van der Waals surface area (Å²) in [4.78, 5) is 23.0. The third-order valence-electron chi connectivity index (χ3n) is 9.03. The minimum absolute atomic E-state index is 0.0484. The third kappa shape index (κ3) is 3.91. The summed E-state index contributed by atoms with van der Waals surface area (Å²) < 4.78 is 17.8. The van der Waals surface area contributed by atoms with E-state index in [1.807, 2.05) is 6.92 Å². The Hall–Kier alpha value is -1.18. The van der Waals surface area contributed by atoms with Crippen molar-refractivity contribution in [2.45, 2.75) is 96.9 Å². The first kappa shape index (κ1) is 24.5. The molecule has 7 heteroatoms. The first-order valence-corrected chi connectivity index (χ1v) is 11.7. The standard InChI is InChI=1S/C24H40O7/c1-16-6-7-19-21(4,14-25)20(30-18(3)28)8-9-22(19,5)24(16)11-10-23(15-26,31-24)12-13-29-17(2)27/h16,19-20,25-26H,6-15H2,1-5H3. The molecule has 7 nitrogen and oxygen atoms in total. The van der Waals surface area contributed by atoms with Gasteiger partial charge in [0.25, 0.3) is 0 Å². The summed E-state index contributed by atoms with van der Waals surface area (Å²) in [5.41, 5.74) is -1.93. The van der Waals surface area contributed by atoms with Crippen molar-refractivity contribution in [1.82, 2.24) is 0 Å². The van der Waals surface area contributed by atoms with Crippen molar-refractivity contribution in [3.8, 4) is 0 Å². The summed E-state index contributed by atoms with van der Waals surface area (Å²) in [7, 11) is 0. The quantitative estimate of drug-likeness (QED) is 0.612. The zero-order valence-corrected chi connectivity index (χ0v) is 19.7. The number of carbonyl (C=O) groups excluding carboxylic acids is 2. The van der Waals surface area contributed by atoms with Gasteiger partial charge in [0.05, 0.1) is 31.0 Å². The molecule has 2 N–H and O–H groups in total. The fourth-order valence-corrected chi connectivity index (χ4v) is 7.26. The molecule has 0 radical (unpaired) electrons. The van der Waals surface area contributed by atoms with Crippen LogP contribution in [0, 0.1) is 22.7 Å². The highest BCUT2D eigenvalue weighted by Gasteiger charge is 2.69. The molecule has 0 bridgehead atoms. The number of aliphatic hydroxyl groups is 2. The summed E-state index contributed by atoms with van der Waals surface area (Å²) in [5.74, 6) is -0.221. The van der Waals surface area contributed by atoms with Gasteiger partial charge in [0, 0.05) is 31.1 Å². The third-order valence-corrected chi connectivity index (χ3v) is 9.03. The van der Waals surface area contributed by atoms with E-state index >= 15 is 0 Å². The molecule has 0 aromatic rings. The monoisotopic (exact) mass is 440 g/mol. The van der Waals surface area contributed by atoms with Gasteiger partial charge in [-0.05, 0) is 50.4 Å². The van der Waals surface area contributed by atoms with Crippen molar-refractivity contribution in [3.63, 3.8) is 0 Å². The highest BCUT2D eigenvalue weighted by molar-refractivity contribution is 5.66. The van der Waals surface area contributed by atoms with Crippen LogP contribution < -0.4 is 0 Å². The van der Waals surface area contributed by atoms with Crippen LogP contribution in [0.2, 0.25) is 0 Å². The van der Waals surface area contributed by atoms with E-state index in [1.165, 1.54) is 13.8 Å². The van der Waals surface area contributed by atoms with E-state index in [4.69, 9.17) is 14.2 Å². The molecule has 7 unspecified atom stereocenters. The first-order valence-electron chi connectivity index (χ1n) is 11.7. The van der Waals surface area contributed by atoms with Gasteiger partial charge in [0.1, 0.15) is 6.10 Å². The Kier molecular flexibility index (Phi) is 6.82. The Morgan fingerprint density at radius 3 is 2.29 bits per heavy atom. The summed E-state index contributed by atoms with van der Waals surface area (Å²) >= 11 is 0. The Morgan fingerprint density at radius 1 is 1.00 bits per heavy atom. The fourth-order valence-electron chi connectivity index (χ4n) is 7.26. The molecule has 7 atom stereocenters. The number of hydrogen-bond acceptors (Lipinski definition) is 7. The molecule has 178 valence electrons. The van der Waals surface area contributed by atoms with Gasteiger partial charge in [-0.3, -0.25) is 9.59 Å². The molecule has 1 spiro atoms. The van der Waals surface area contributed by atoms with Crippen molar-refractivity contribution in [3.05, 3.63) is 0 Å². The Labute approximate surface area is 185 Å². The van der Waals surface area contributed by atoms with Crippen molar-refractivity contribution in [2.75, 3.05) is 19.8 Å². The van der Waals surface area contributed by atoms with Gasteiger partial charge in [-0.25, -0.2) is 0 Å². The van der Waals surface area contributed by atoms with Crippen LogP contribution in [0.25, 0.3) is 0 Å². The molecule has 3 fully saturated rings. The molecule has 0 amide bonds. The van der Waals surface area contributed by atoms with Crippen LogP contribution in [0.3, 0.4) is 0 Å². The van der Waals surface area contributed by atoms with Crippen LogP contribution in [-0.2, 0) is 23.8 Å². The van der Waals surface area contributed by atoms with Gasteiger partial charge < -0.3 is 24.4 Å². The van der Waals surface area contributed by atoms with E-state index in [0.29, 0.717) is 25.2 Å². The van der Waals surface area contributed by atoms with Gasteiger partial charge in [-0.1, -0.05) is 20.8 Å². The van der Waals surface area contributed by atoms with Gasteiger partial charge in [-0.2, -0.15) is 0 Å². The Bertz CT molecular complexity index is 695. The topological polar surface area (TPSA) is 102 Å². The first-order chi connectivity index (χ1) is 14.5. The highest BCUT2D eigenvalue weighted by Crippen LogP contribution is 2.68. The summed E-state index contributed by atoms with van der Waals surface area (Å²) in [5, 5.41) is 20.8. The second-order valence-corrected chi connectivity index (χ2v) is 10.7. The average molecular weight is 441 g/mol. The van der Waals surface area contributed by atoms with E-state index in [9.17, 15) is 19.8 Å². The maximum atomic E-state index is 11.7. The van der Waals surface area contributed by atoms with Gasteiger partial charge in [-0.15, -0.1) is 0 Å². The number of rotatable bonds is 6. The predicted octanol–water partition coefficient (Wildman–Crippen LogP) is 3.00. The van der Waals surface area contributed by atoms with Crippen molar-refractivity contribution >= 4 is 11.9 Å². The number of esters is 2. The fraction of sp³-hybridized carbons (Fsp3) is 0.917. The lowest BCUT2D eigenvalue weighted by Gasteiger charge is -2.65. The maximum Gasteiger partial charge on any atom is 0.302 e. The van der Waals surface area contributed by atoms with Crippen LogP contribution in [-0.4, -0.2) is 59.3 Å². The number of ether oxygens (including phenoxy) is 3. The maximum absolute atomic E-state index is 11.7. The highest BCUT2D eigenvalue weighted by atomic mass is 16.6. The van der Waals surface area contributed by atoms with E-state index < -0.39 is 16.6 Å². The zero-order chi connectivity index (χ0) is 23.1. The van der Waals surface area contributed by atoms with Crippen LogP contribution in [0.15, 0.2) is 0 Å². The van der Waals surface area contributed by atoms with E-state index in [2.05, 4.69) is 13.8 Å². The molecule has 2 saturated carbocycles. The van der Waals surface area contributed by atoms with Crippen LogP contribution >= 0.6 is 0 Å². The second kappa shape index (κ2) is 8.64. The lowest BCUT2D eigenvalue weighted by atomic mass is 9.43. The van der Waals surface area contributed by atoms with Gasteiger partial charge >= 0.3 is 11.9 Å². The van der Waals surface area contributed by atoms with Crippen LogP contribution in [0.5, 0.6) is 0 Å². The molecule has 3 aliphatic rings. The number of carbonyl (C=O) groups is 2. The summed E-state index contributed by atoms with van der Waals surface area (Å²) in [6, 6.07) is 0. The van der Waals surface area contributed by atoms with Gasteiger partial charge in [0.15, 0.2) is 0 Å². The summed E-state index contributed by atoms with van der Waals surface area (Å²) in [6.45, 7) is 9.42. The van der Waals surface area contributed by atoms with E-state index in [-0.39, 0.29) is 49.2 Å². The van der Waals surface area contributed by atoms with Crippen LogP contribution in [0.4, 0.5) is 0 Å². The SMILES string of the molecule is CC(=O)OCCC1(CO)CCC2(O1)C(C)CCC1C(C)(CO)C(OC(C)=O)CCC12C. The molecule has 31 heavy (non-hydrogen) atoms. The summed E-state index contributed by atoms with van der Waals surface area (Å²) in [6.07, 6.45) is 5.09. The second-order valence-electron chi connectivity index (χ2n) is 10.7. The van der Waals surface area contributed by atoms with Crippen molar-refractivity contribution < 1.29 is 34.0 Å². The molecular formula is C24H40O7. The van der Waals surface area contributed by atoms with E-state index in [0.717, 1.165) is 25.7 Å². The molecular weight excluding hydrogens is 400 g/mol. The van der Waals surface area contributed by atoms with Crippen LogP contribution in [0.1, 0.15) is 79.6 Å². The number of hydrogen-bond donors (Lipinski definition) is 2. The molecule has 0 aromatic carbocycles. The largest absolute Gasteiger partial charge is 0.466 e. The van der Waals surface area contributed by atoms with Gasteiger partial charge in [0.2, 0.25) is 0 Å². The normalized spacial score (nSPS) is 44.7. The molecule has 1 aliphatic heterocycles. The molecule has 3 rings (SSSR count). The number of aliphatic hydroxyl groups excluding tert-OH is 2. The van der Waals surface area contributed by atoms with Crippen molar-refractivity contribution in [2.24, 2.45) is 22.7 Å². The predicted molar refractivity (Wildman–Crippen MR) is 114 cm³/mol. The average Bonchev–Trinajstić information content (AvgIpc) is 3.10. The molecule has 1 saturated heterocycles. The Balaban J connectivity index is 1.93. The van der Waals surface area contributed by atoms with Crippen molar-refractivity contribution in [1.29, 1.82) is 0 Å². The number of fused-ring (bicyclic) bond motifs is 2. The minimum atomic E-state index is -0.725. The lowest BCUT2D eigenvalue weighted by molar-refractivity contribution is -0.274. The van der Waals surface area contributed by atoms with E-state index in [1.54, 1.807) is 0 Å².